The van der Waals surface area contributed by atoms with Crippen LogP contribution < -0.4 is 10.1 Å². The molecule has 1 amide bonds. The predicted octanol–water partition coefficient (Wildman–Crippen LogP) is 1.90. The van der Waals surface area contributed by atoms with E-state index in [1.54, 1.807) is 6.92 Å². The van der Waals surface area contributed by atoms with Gasteiger partial charge in [0.25, 0.3) is 5.91 Å². The van der Waals surface area contributed by atoms with Gasteiger partial charge in [0.1, 0.15) is 5.75 Å². The van der Waals surface area contributed by atoms with Crippen molar-refractivity contribution in [2.45, 2.75) is 26.9 Å². The molecule has 0 fully saturated rings. The van der Waals surface area contributed by atoms with Crippen molar-refractivity contribution in [2.24, 2.45) is 0 Å². The van der Waals surface area contributed by atoms with Gasteiger partial charge in [-0.25, -0.2) is 0 Å². The summed E-state index contributed by atoms with van der Waals surface area (Å²) in [6.07, 6.45) is -0.452. The highest BCUT2D eigenvalue weighted by Crippen LogP contribution is 2.13. The summed E-state index contributed by atoms with van der Waals surface area (Å²) in [5.41, 5.74) is 1.12. The summed E-state index contributed by atoms with van der Waals surface area (Å²) in [6, 6.07) is 7.66. The van der Waals surface area contributed by atoms with Crippen LogP contribution in [0.3, 0.4) is 0 Å². The third-order valence-corrected chi connectivity index (χ3v) is 2.02. The lowest BCUT2D eigenvalue weighted by Crippen LogP contribution is -2.36. The monoisotopic (exact) mass is 207 g/mol. The molecule has 0 aromatic heterocycles. The molecule has 0 aliphatic heterocycles. The molecular weight excluding hydrogens is 190 g/mol. The zero-order valence-electron chi connectivity index (χ0n) is 9.41. The van der Waals surface area contributed by atoms with Crippen LogP contribution in [0.5, 0.6) is 5.75 Å². The van der Waals surface area contributed by atoms with E-state index in [1.165, 1.54) is 0 Å². The number of benzene rings is 1. The number of aryl methyl sites for hydroxylation is 1. The van der Waals surface area contributed by atoms with Gasteiger partial charge in [0.2, 0.25) is 0 Å². The van der Waals surface area contributed by atoms with E-state index >= 15 is 0 Å². The van der Waals surface area contributed by atoms with E-state index in [0.717, 1.165) is 11.3 Å². The number of likely N-dealkylation sites (N-methyl/N-ethyl adjacent to an activating group) is 1. The van der Waals surface area contributed by atoms with E-state index in [0.29, 0.717) is 6.54 Å². The molecule has 3 heteroatoms. The molecule has 1 aromatic rings. The van der Waals surface area contributed by atoms with Crippen LogP contribution in [0.4, 0.5) is 0 Å². The lowest BCUT2D eigenvalue weighted by atomic mass is 10.2. The molecule has 0 bridgehead atoms. The van der Waals surface area contributed by atoms with E-state index < -0.39 is 6.10 Å². The molecule has 0 aliphatic carbocycles. The zero-order valence-corrected chi connectivity index (χ0v) is 9.41. The van der Waals surface area contributed by atoms with Gasteiger partial charge >= 0.3 is 0 Å². The van der Waals surface area contributed by atoms with Gasteiger partial charge in [-0.1, -0.05) is 12.1 Å². The Balaban J connectivity index is 2.58. The van der Waals surface area contributed by atoms with Gasteiger partial charge in [0.15, 0.2) is 6.10 Å². The Morgan fingerprint density at radius 3 is 2.87 bits per heavy atom. The van der Waals surface area contributed by atoms with E-state index in [9.17, 15) is 4.79 Å². The fraction of sp³-hybridized carbons (Fsp3) is 0.417. The number of rotatable bonds is 4. The molecule has 1 rings (SSSR count). The summed E-state index contributed by atoms with van der Waals surface area (Å²) in [5, 5.41) is 2.72. The van der Waals surface area contributed by atoms with Crippen LogP contribution in [-0.2, 0) is 4.79 Å². The fourth-order valence-electron chi connectivity index (χ4n) is 1.26. The van der Waals surface area contributed by atoms with Crippen LogP contribution in [0.2, 0.25) is 0 Å². The van der Waals surface area contributed by atoms with Gasteiger partial charge < -0.3 is 10.1 Å². The first-order valence-corrected chi connectivity index (χ1v) is 5.14. The number of nitrogens with one attached hydrogen (secondary N) is 1. The Kier molecular flexibility index (Phi) is 4.16. The van der Waals surface area contributed by atoms with E-state index in [2.05, 4.69) is 5.32 Å². The van der Waals surface area contributed by atoms with Gasteiger partial charge in [0, 0.05) is 6.54 Å². The Morgan fingerprint density at radius 2 is 2.27 bits per heavy atom. The topological polar surface area (TPSA) is 38.3 Å². The molecule has 0 saturated heterocycles. The highest BCUT2D eigenvalue weighted by Gasteiger charge is 2.12. The summed E-state index contributed by atoms with van der Waals surface area (Å²) in [4.78, 5) is 11.4. The largest absolute Gasteiger partial charge is 0.481 e. The smallest absolute Gasteiger partial charge is 0.260 e. The summed E-state index contributed by atoms with van der Waals surface area (Å²) < 4.78 is 5.50. The second-order valence-electron chi connectivity index (χ2n) is 3.47. The molecule has 82 valence electrons. The van der Waals surface area contributed by atoms with Crippen molar-refractivity contribution in [1.82, 2.24) is 5.32 Å². The quantitative estimate of drug-likeness (QED) is 0.819. The summed E-state index contributed by atoms with van der Waals surface area (Å²) in [6.45, 7) is 6.24. The average Bonchev–Trinajstić information content (AvgIpc) is 2.18. The molecule has 0 spiro atoms. The second-order valence-corrected chi connectivity index (χ2v) is 3.47. The Bertz CT molecular complexity index is 336. The Labute approximate surface area is 90.4 Å². The van der Waals surface area contributed by atoms with Crippen molar-refractivity contribution in [3.63, 3.8) is 0 Å². The number of carbonyl (C=O) groups is 1. The lowest BCUT2D eigenvalue weighted by Gasteiger charge is -2.14. The van der Waals surface area contributed by atoms with Gasteiger partial charge in [-0.2, -0.15) is 0 Å². The number of ether oxygens (including phenoxy) is 1. The number of carbonyl (C=O) groups excluding carboxylic acids is 1. The number of hydrogen-bond acceptors (Lipinski definition) is 2. The van der Waals surface area contributed by atoms with Crippen molar-refractivity contribution in [2.75, 3.05) is 6.54 Å². The van der Waals surface area contributed by atoms with E-state index in [4.69, 9.17) is 4.74 Å². The highest BCUT2D eigenvalue weighted by atomic mass is 16.5. The second kappa shape index (κ2) is 5.39. The highest BCUT2D eigenvalue weighted by molar-refractivity contribution is 5.80. The van der Waals surface area contributed by atoms with Crippen molar-refractivity contribution in [1.29, 1.82) is 0 Å². The molecule has 0 unspecified atom stereocenters. The standard InChI is InChI=1S/C12H17NO2/c1-4-13-12(14)10(3)15-11-7-5-6-9(2)8-11/h5-8,10H,4H2,1-3H3,(H,13,14)/t10-/m1/s1. The number of amides is 1. The predicted molar refractivity (Wildman–Crippen MR) is 60.0 cm³/mol. The minimum Gasteiger partial charge on any atom is -0.481 e. The molecule has 0 saturated carbocycles. The van der Waals surface area contributed by atoms with Crippen LogP contribution in [-0.4, -0.2) is 18.6 Å². The van der Waals surface area contributed by atoms with E-state index in [-0.39, 0.29) is 5.91 Å². The molecule has 1 atom stereocenters. The SMILES string of the molecule is CCNC(=O)[C@@H](C)Oc1cccc(C)c1. The van der Waals surface area contributed by atoms with Crippen molar-refractivity contribution in [3.05, 3.63) is 29.8 Å². The molecule has 0 radical (unpaired) electrons. The molecule has 0 aliphatic rings. The fourth-order valence-corrected chi connectivity index (χ4v) is 1.26. The summed E-state index contributed by atoms with van der Waals surface area (Å²) in [7, 11) is 0. The molecule has 1 N–H and O–H groups in total. The zero-order chi connectivity index (χ0) is 11.3. The Hall–Kier alpha value is -1.51. The molecule has 1 aromatic carbocycles. The maximum atomic E-state index is 11.4. The molecule has 3 nitrogen and oxygen atoms in total. The van der Waals surface area contributed by atoms with Gasteiger partial charge in [-0.3, -0.25) is 4.79 Å². The summed E-state index contributed by atoms with van der Waals surface area (Å²) >= 11 is 0. The van der Waals surface area contributed by atoms with Crippen molar-refractivity contribution >= 4 is 5.91 Å². The van der Waals surface area contributed by atoms with E-state index in [1.807, 2.05) is 38.1 Å². The molecule has 0 heterocycles. The summed E-state index contributed by atoms with van der Waals surface area (Å²) in [5.74, 6) is 0.646. The molecule has 15 heavy (non-hydrogen) atoms. The maximum absolute atomic E-state index is 11.4. The van der Waals surface area contributed by atoms with Crippen LogP contribution in [0.1, 0.15) is 19.4 Å². The number of hydrogen-bond donors (Lipinski definition) is 1. The average molecular weight is 207 g/mol. The van der Waals surface area contributed by atoms with Crippen LogP contribution in [0, 0.1) is 6.92 Å². The first kappa shape index (κ1) is 11.6. The van der Waals surface area contributed by atoms with Gasteiger partial charge in [-0.15, -0.1) is 0 Å². The lowest BCUT2D eigenvalue weighted by molar-refractivity contribution is -0.127. The normalized spacial score (nSPS) is 11.9. The first-order valence-electron chi connectivity index (χ1n) is 5.14. The van der Waals surface area contributed by atoms with Crippen LogP contribution in [0.25, 0.3) is 0 Å². The van der Waals surface area contributed by atoms with Crippen molar-refractivity contribution in [3.8, 4) is 5.75 Å². The molecular formula is C12H17NO2. The minimum absolute atomic E-state index is 0.0843. The minimum atomic E-state index is -0.452. The third kappa shape index (κ3) is 3.62. The first-order chi connectivity index (χ1) is 7.13. The maximum Gasteiger partial charge on any atom is 0.260 e. The van der Waals surface area contributed by atoms with Crippen molar-refractivity contribution < 1.29 is 9.53 Å². The van der Waals surface area contributed by atoms with Gasteiger partial charge in [0.05, 0.1) is 0 Å². The Morgan fingerprint density at radius 1 is 1.53 bits per heavy atom. The van der Waals surface area contributed by atoms with Crippen LogP contribution >= 0.6 is 0 Å². The van der Waals surface area contributed by atoms with Crippen LogP contribution in [0.15, 0.2) is 24.3 Å². The third-order valence-electron chi connectivity index (χ3n) is 2.02. The van der Waals surface area contributed by atoms with Gasteiger partial charge in [-0.05, 0) is 38.5 Å².